The van der Waals surface area contributed by atoms with Gasteiger partial charge in [-0.2, -0.15) is 23.5 Å². The Kier molecular flexibility index (Phi) is 43.5. The quantitative estimate of drug-likeness (QED) is 0.0151. The van der Waals surface area contributed by atoms with Crippen molar-refractivity contribution < 1.29 is 33.4 Å². The number of carbonyl (C=O) groups excluding carboxylic acids is 4. The molecule has 0 fully saturated rings. The van der Waals surface area contributed by atoms with E-state index in [1.165, 1.54) is 101 Å². The molecule has 0 aromatic carbocycles. The van der Waals surface area contributed by atoms with Crippen LogP contribution in [0.15, 0.2) is 5.11 Å². The lowest BCUT2D eigenvalue weighted by atomic mass is 9.91. The summed E-state index contributed by atoms with van der Waals surface area (Å²) in [5.41, 5.74) is 6.96. The van der Waals surface area contributed by atoms with Crippen molar-refractivity contribution in [2.45, 2.75) is 238 Å². The highest BCUT2D eigenvalue weighted by Gasteiger charge is 2.21. The maximum absolute atomic E-state index is 13.1. The normalized spacial score (nSPS) is 12.2. The van der Waals surface area contributed by atoms with Crippen LogP contribution in [0.2, 0.25) is 0 Å². The molecule has 0 radical (unpaired) electrons. The minimum atomic E-state index is -0.397. The molecule has 2 unspecified atom stereocenters. The molecule has 13 heteroatoms. The molecule has 63 heavy (non-hydrogen) atoms. The Labute approximate surface area is 394 Å². The number of amidine groups is 1. The van der Waals surface area contributed by atoms with E-state index < -0.39 is 5.97 Å². The molecule has 0 aliphatic heterocycles. The third-order valence-corrected chi connectivity index (χ3v) is 14.2. The number of unbranched alkanes of at least 4 members (excludes halogenated alkanes) is 16. The van der Waals surface area contributed by atoms with E-state index in [1.54, 1.807) is 7.05 Å². The van der Waals surface area contributed by atoms with Gasteiger partial charge >= 0.3 is 17.9 Å². The van der Waals surface area contributed by atoms with Crippen LogP contribution in [0.25, 0.3) is 0 Å². The van der Waals surface area contributed by atoms with Crippen molar-refractivity contribution >= 4 is 53.2 Å². The van der Waals surface area contributed by atoms with Gasteiger partial charge in [0.25, 0.3) is 0 Å². The fraction of sp³-hybridized carbons (Fsp3) is 0.900. The van der Waals surface area contributed by atoms with Crippen molar-refractivity contribution in [2.75, 3.05) is 44.1 Å². The van der Waals surface area contributed by atoms with Crippen LogP contribution in [-0.2, 0) is 33.4 Å². The molecule has 0 spiro atoms. The second-order valence-corrected chi connectivity index (χ2v) is 20.1. The zero-order valence-corrected chi connectivity index (χ0v) is 42.6. The van der Waals surface area contributed by atoms with Crippen LogP contribution >= 0.6 is 23.5 Å². The predicted octanol–water partition coefficient (Wildman–Crippen LogP) is 14.1. The smallest absolute Gasteiger partial charge is 0.325 e. The molecule has 0 saturated heterocycles. The Morgan fingerprint density at radius 3 is 1.65 bits per heavy atom. The lowest BCUT2D eigenvalue weighted by molar-refractivity contribution is -0.150. The number of hydrogen-bond acceptors (Lipinski definition) is 11. The monoisotopic (exact) mass is 927 g/mol. The van der Waals surface area contributed by atoms with E-state index in [9.17, 15) is 19.2 Å². The average molecular weight is 927 g/mol. The largest absolute Gasteiger partial charge is 0.466 e. The third kappa shape index (κ3) is 39.9. The van der Waals surface area contributed by atoms with Crippen LogP contribution in [0.1, 0.15) is 227 Å². The zero-order valence-electron chi connectivity index (χ0n) is 41.0. The molecule has 0 aromatic rings. The molecule has 2 atom stereocenters. The van der Waals surface area contributed by atoms with Crippen LogP contribution in [-0.4, -0.2) is 90.0 Å². The first-order chi connectivity index (χ1) is 30.6. The Hall–Kier alpha value is -2.15. The summed E-state index contributed by atoms with van der Waals surface area (Å²) in [6.45, 7) is 9.52. The summed E-state index contributed by atoms with van der Waals surface area (Å²) in [6, 6.07) is 0. The van der Waals surface area contributed by atoms with Gasteiger partial charge in [0.05, 0.1) is 13.2 Å². The first kappa shape index (κ1) is 60.9. The molecule has 0 bridgehead atoms. The van der Waals surface area contributed by atoms with Crippen molar-refractivity contribution in [3.8, 4) is 0 Å². The average Bonchev–Trinajstić information content (AvgIpc) is 3.26. The zero-order chi connectivity index (χ0) is 46.6. The van der Waals surface area contributed by atoms with Crippen LogP contribution in [0.4, 0.5) is 0 Å². The van der Waals surface area contributed by atoms with E-state index in [0.717, 1.165) is 68.6 Å². The maximum Gasteiger partial charge on any atom is 0.325 e. The highest BCUT2D eigenvalue weighted by Crippen LogP contribution is 2.25. The van der Waals surface area contributed by atoms with Crippen LogP contribution in [0.5, 0.6) is 0 Å². The fourth-order valence-electron chi connectivity index (χ4n) is 7.47. The molecule has 0 heterocycles. The summed E-state index contributed by atoms with van der Waals surface area (Å²) in [6.07, 6.45) is 29.6. The number of ether oxygens (including phenoxy) is 3. The molecular formula is C50H94N4O7S2. The van der Waals surface area contributed by atoms with Crippen molar-refractivity contribution in [3.05, 3.63) is 0 Å². The number of hydrogen-bond donors (Lipinski definition) is 2. The van der Waals surface area contributed by atoms with Crippen molar-refractivity contribution in [1.82, 2.24) is 4.90 Å². The SMILES string of the molecule is CCCCCCCC(CCCCCCC)CC(=O)OCCCCCC(CCCCCOC(=O)CN(C)C(=O)CC(CSCCCCC)SCCCCC)OC(=O)CCCC(=N)N=N. The summed E-state index contributed by atoms with van der Waals surface area (Å²) in [5, 5.41) is 10.9. The predicted molar refractivity (Wildman–Crippen MR) is 265 cm³/mol. The molecule has 0 rings (SSSR count). The van der Waals surface area contributed by atoms with Crippen molar-refractivity contribution in [1.29, 1.82) is 10.9 Å². The third-order valence-electron chi connectivity index (χ3n) is 11.5. The van der Waals surface area contributed by atoms with Crippen LogP contribution < -0.4 is 0 Å². The Balaban J connectivity index is 4.78. The summed E-state index contributed by atoms with van der Waals surface area (Å²) in [7, 11) is 1.68. The highest BCUT2D eigenvalue weighted by atomic mass is 32.2. The van der Waals surface area contributed by atoms with Gasteiger partial charge in [-0.05, 0) is 101 Å². The molecule has 368 valence electrons. The highest BCUT2D eigenvalue weighted by molar-refractivity contribution is 8.03. The van der Waals surface area contributed by atoms with Gasteiger partial charge in [-0.25, -0.2) is 5.53 Å². The second-order valence-electron chi connectivity index (χ2n) is 17.6. The number of amides is 1. The summed E-state index contributed by atoms with van der Waals surface area (Å²) in [4.78, 5) is 52.7. The number of nitrogens with zero attached hydrogens (tertiary/aromatic N) is 2. The molecule has 0 saturated carbocycles. The van der Waals surface area contributed by atoms with E-state index in [0.29, 0.717) is 51.0 Å². The van der Waals surface area contributed by atoms with E-state index >= 15 is 0 Å². The number of rotatable bonds is 46. The molecule has 11 nitrogen and oxygen atoms in total. The van der Waals surface area contributed by atoms with Gasteiger partial charge in [0.15, 0.2) is 0 Å². The van der Waals surface area contributed by atoms with Crippen LogP contribution in [0.3, 0.4) is 0 Å². The van der Waals surface area contributed by atoms with Gasteiger partial charge in [-0.3, -0.25) is 24.6 Å². The number of esters is 3. The van der Waals surface area contributed by atoms with Crippen LogP contribution in [0, 0.1) is 16.9 Å². The molecule has 2 N–H and O–H groups in total. The molecule has 0 aliphatic rings. The number of carbonyl (C=O) groups is 4. The minimum absolute atomic E-state index is 0.0175. The molecule has 1 amide bonds. The Bertz CT molecular complexity index is 1150. The lowest BCUT2D eigenvalue weighted by Crippen LogP contribution is -2.35. The second kappa shape index (κ2) is 45.0. The van der Waals surface area contributed by atoms with Gasteiger partial charge in [-0.15, -0.1) is 5.11 Å². The molecule has 0 aromatic heterocycles. The van der Waals surface area contributed by atoms with Gasteiger partial charge in [0.2, 0.25) is 5.91 Å². The van der Waals surface area contributed by atoms with Crippen molar-refractivity contribution in [3.63, 3.8) is 0 Å². The van der Waals surface area contributed by atoms with Gasteiger partial charge < -0.3 is 19.1 Å². The lowest BCUT2D eigenvalue weighted by Gasteiger charge is -2.21. The first-order valence-corrected chi connectivity index (χ1v) is 27.7. The van der Waals surface area contributed by atoms with Gasteiger partial charge in [0.1, 0.15) is 18.5 Å². The number of thioether (sulfide) groups is 2. The first-order valence-electron chi connectivity index (χ1n) is 25.5. The topological polar surface area (TPSA) is 159 Å². The standard InChI is InChI=1S/C50H94N4O7S2/c1-6-10-14-16-20-29-43(30-21-17-15-11-7-2)39-49(57)59-35-24-18-22-31-44(61-48(56)34-28-33-46(51)53-52)32-23-19-25-36-60-50(58)41-54(5)47(55)40-45(63-38-27-13-9-4)42-62-37-26-12-8-3/h43-45,51-52H,6-42H2,1-5H3. The summed E-state index contributed by atoms with van der Waals surface area (Å²) >= 11 is 3.83. The van der Waals surface area contributed by atoms with Gasteiger partial charge in [0, 0.05) is 43.7 Å². The Morgan fingerprint density at radius 2 is 1.08 bits per heavy atom. The van der Waals surface area contributed by atoms with E-state index in [4.69, 9.17) is 25.2 Å². The number of nitrogens with one attached hydrogen (secondary N) is 2. The number of likely N-dealkylation sites (N-methyl/N-ethyl adjacent to an activating group) is 1. The molecular weight excluding hydrogens is 833 g/mol. The molecule has 0 aliphatic carbocycles. The van der Waals surface area contributed by atoms with Crippen molar-refractivity contribution in [2.24, 2.45) is 11.0 Å². The summed E-state index contributed by atoms with van der Waals surface area (Å²) < 4.78 is 17.1. The van der Waals surface area contributed by atoms with E-state index in [-0.39, 0.29) is 61.0 Å². The van der Waals surface area contributed by atoms with E-state index in [1.807, 2.05) is 23.5 Å². The van der Waals surface area contributed by atoms with Gasteiger partial charge in [-0.1, -0.05) is 118 Å². The fourth-order valence-corrected chi connectivity index (χ4v) is 10.1. The van der Waals surface area contributed by atoms with E-state index in [2.05, 4.69) is 32.8 Å². The Morgan fingerprint density at radius 1 is 0.571 bits per heavy atom. The summed E-state index contributed by atoms with van der Waals surface area (Å²) in [5.74, 6) is 2.69. The minimum Gasteiger partial charge on any atom is -0.466 e. The maximum atomic E-state index is 13.1.